The molecule has 0 saturated carbocycles. The van der Waals surface area contributed by atoms with Gasteiger partial charge in [0.25, 0.3) is 0 Å². The molecule has 10 heavy (non-hydrogen) atoms. The van der Waals surface area contributed by atoms with Gasteiger partial charge in [0.2, 0.25) is 0 Å². The Kier molecular flexibility index (Phi) is 12.9. The average Bonchev–Trinajstić information content (AvgIpc) is 1.90. The van der Waals surface area contributed by atoms with Gasteiger partial charge in [-0.05, 0) is 6.92 Å². The van der Waals surface area contributed by atoms with Crippen LogP contribution in [-0.4, -0.2) is 12.6 Å². The number of esters is 1. The first kappa shape index (κ1) is 11.8. The Morgan fingerprint density at radius 1 is 2.00 bits per heavy atom. The summed E-state index contributed by atoms with van der Waals surface area (Å²) in [6.07, 6.45) is 1.14. The number of nitriles is 1. The van der Waals surface area contributed by atoms with Crippen molar-refractivity contribution in [1.82, 2.24) is 0 Å². The van der Waals surface area contributed by atoms with Crippen molar-refractivity contribution in [2.75, 3.05) is 6.61 Å². The summed E-state index contributed by atoms with van der Waals surface area (Å²) in [5.41, 5.74) is 0. The normalized spacial score (nSPS) is 6.10. The molecule has 56 valence electrons. The third-order valence-corrected chi connectivity index (χ3v) is 0.453. The minimum absolute atomic E-state index is 0.359. The SMILES string of the molecule is C=CC(=O)OCC.N#CS. The van der Waals surface area contributed by atoms with E-state index < -0.39 is 0 Å². The summed E-state index contributed by atoms with van der Waals surface area (Å²) in [6, 6.07) is 0. The Bertz CT molecular complexity index is 139. The molecule has 0 fully saturated rings. The van der Waals surface area contributed by atoms with Crippen molar-refractivity contribution in [2.45, 2.75) is 6.92 Å². The molecule has 0 rings (SSSR count). The van der Waals surface area contributed by atoms with Gasteiger partial charge < -0.3 is 4.74 Å². The molecule has 0 saturated heterocycles. The molecule has 3 nitrogen and oxygen atoms in total. The Morgan fingerprint density at radius 2 is 2.40 bits per heavy atom. The van der Waals surface area contributed by atoms with E-state index in [0.717, 1.165) is 6.08 Å². The zero-order valence-electron chi connectivity index (χ0n) is 5.70. The van der Waals surface area contributed by atoms with Gasteiger partial charge in [0.05, 0.1) is 6.61 Å². The van der Waals surface area contributed by atoms with E-state index in [1.165, 1.54) is 5.40 Å². The lowest BCUT2D eigenvalue weighted by Crippen LogP contribution is -1.97. The van der Waals surface area contributed by atoms with Crippen molar-refractivity contribution in [3.8, 4) is 5.40 Å². The molecule has 0 aliphatic rings. The fraction of sp³-hybridized carbons (Fsp3) is 0.333. The Balaban J connectivity index is 0. The summed E-state index contributed by atoms with van der Waals surface area (Å²) in [7, 11) is 0. The van der Waals surface area contributed by atoms with Crippen molar-refractivity contribution < 1.29 is 9.53 Å². The number of ether oxygens (including phenoxy) is 1. The number of thiocyanates is 1. The summed E-state index contributed by atoms with van der Waals surface area (Å²) in [5, 5.41) is 8.63. The monoisotopic (exact) mass is 159 g/mol. The fourth-order valence-electron chi connectivity index (χ4n) is 0.201. The number of rotatable bonds is 2. The molecule has 0 aromatic rings. The third kappa shape index (κ3) is 15.7. The van der Waals surface area contributed by atoms with Gasteiger partial charge in [0.1, 0.15) is 5.40 Å². The van der Waals surface area contributed by atoms with Crippen LogP contribution in [0.5, 0.6) is 0 Å². The van der Waals surface area contributed by atoms with E-state index in [9.17, 15) is 4.79 Å². The first-order valence-corrected chi connectivity index (χ1v) is 3.00. The first-order valence-electron chi connectivity index (χ1n) is 2.55. The van der Waals surface area contributed by atoms with E-state index in [-0.39, 0.29) is 5.97 Å². The number of carbonyl (C=O) groups is 1. The average molecular weight is 159 g/mol. The molecule has 0 N–H and O–H groups in total. The molecule has 0 aromatic carbocycles. The molecule has 0 aliphatic carbocycles. The van der Waals surface area contributed by atoms with Crippen LogP contribution in [0.15, 0.2) is 12.7 Å². The maximum atomic E-state index is 10.1. The molecule has 0 unspecified atom stereocenters. The topological polar surface area (TPSA) is 50.1 Å². The van der Waals surface area contributed by atoms with Gasteiger partial charge in [-0.1, -0.05) is 19.2 Å². The predicted molar refractivity (Wildman–Crippen MR) is 41.4 cm³/mol. The van der Waals surface area contributed by atoms with Crippen molar-refractivity contribution >= 4 is 18.6 Å². The van der Waals surface area contributed by atoms with Gasteiger partial charge in [-0.25, -0.2) is 4.79 Å². The molecule has 0 atom stereocenters. The molecular weight excluding hydrogens is 150 g/mol. The van der Waals surface area contributed by atoms with E-state index in [1.54, 1.807) is 6.92 Å². The van der Waals surface area contributed by atoms with Crippen molar-refractivity contribution in [3.63, 3.8) is 0 Å². The molecule has 0 aromatic heterocycles. The molecular formula is C6H9NO2S. The summed E-state index contributed by atoms with van der Waals surface area (Å²) in [6.45, 7) is 5.38. The maximum Gasteiger partial charge on any atom is 0.330 e. The van der Waals surface area contributed by atoms with Crippen LogP contribution in [-0.2, 0) is 9.53 Å². The van der Waals surface area contributed by atoms with Crippen LogP contribution in [0.3, 0.4) is 0 Å². The van der Waals surface area contributed by atoms with Gasteiger partial charge in [0.15, 0.2) is 0 Å². The highest BCUT2D eigenvalue weighted by Gasteiger charge is 1.86. The number of hydrogen-bond donors (Lipinski definition) is 1. The van der Waals surface area contributed by atoms with Crippen LogP contribution >= 0.6 is 12.6 Å². The zero-order valence-corrected chi connectivity index (χ0v) is 6.60. The predicted octanol–water partition coefficient (Wildman–Crippen LogP) is 1.13. The molecule has 0 aliphatic heterocycles. The highest BCUT2D eigenvalue weighted by Crippen LogP contribution is 1.74. The smallest absolute Gasteiger partial charge is 0.330 e. The van der Waals surface area contributed by atoms with Crippen LogP contribution in [0.1, 0.15) is 6.92 Å². The van der Waals surface area contributed by atoms with Gasteiger partial charge in [-0.2, -0.15) is 5.26 Å². The lowest BCUT2D eigenvalue weighted by Gasteiger charge is -1.90. The number of nitrogens with zero attached hydrogens (tertiary/aromatic N) is 1. The van der Waals surface area contributed by atoms with Crippen LogP contribution < -0.4 is 0 Å². The number of hydrogen-bond acceptors (Lipinski definition) is 4. The summed E-state index contributed by atoms with van der Waals surface area (Å²) in [5.74, 6) is -0.359. The summed E-state index contributed by atoms with van der Waals surface area (Å²) >= 11 is 3.09. The highest BCUT2D eigenvalue weighted by atomic mass is 32.1. The highest BCUT2D eigenvalue weighted by molar-refractivity contribution is 7.85. The number of thiol groups is 1. The van der Waals surface area contributed by atoms with Crippen molar-refractivity contribution in [3.05, 3.63) is 12.7 Å². The van der Waals surface area contributed by atoms with Crippen LogP contribution in [0, 0.1) is 10.7 Å². The van der Waals surface area contributed by atoms with Crippen molar-refractivity contribution in [1.29, 1.82) is 5.26 Å². The molecule has 0 spiro atoms. The largest absolute Gasteiger partial charge is 0.463 e. The fourth-order valence-corrected chi connectivity index (χ4v) is 0.201. The molecule has 0 radical (unpaired) electrons. The second-order valence-corrected chi connectivity index (χ2v) is 1.26. The third-order valence-electron chi connectivity index (χ3n) is 0.453. The second-order valence-electron chi connectivity index (χ2n) is 1.06. The van der Waals surface area contributed by atoms with Crippen LogP contribution in [0.2, 0.25) is 0 Å². The minimum Gasteiger partial charge on any atom is -0.463 e. The first-order chi connectivity index (χ1) is 4.72. The van der Waals surface area contributed by atoms with Crippen molar-refractivity contribution in [2.24, 2.45) is 0 Å². The van der Waals surface area contributed by atoms with Crippen LogP contribution in [0.25, 0.3) is 0 Å². The van der Waals surface area contributed by atoms with Crippen LogP contribution in [0.4, 0.5) is 0 Å². The minimum atomic E-state index is -0.359. The second kappa shape index (κ2) is 10.9. The van der Waals surface area contributed by atoms with E-state index in [2.05, 4.69) is 23.9 Å². The molecule has 0 amide bonds. The zero-order chi connectivity index (χ0) is 8.41. The molecule has 0 bridgehead atoms. The summed E-state index contributed by atoms with van der Waals surface area (Å²) < 4.78 is 4.43. The summed E-state index contributed by atoms with van der Waals surface area (Å²) in [4.78, 5) is 10.1. The van der Waals surface area contributed by atoms with Gasteiger partial charge in [-0.3, -0.25) is 0 Å². The van der Waals surface area contributed by atoms with E-state index >= 15 is 0 Å². The van der Waals surface area contributed by atoms with E-state index in [0.29, 0.717) is 6.61 Å². The van der Waals surface area contributed by atoms with E-state index in [4.69, 9.17) is 5.26 Å². The quantitative estimate of drug-likeness (QED) is 0.284. The molecule has 0 heterocycles. The van der Waals surface area contributed by atoms with Gasteiger partial charge in [0, 0.05) is 6.08 Å². The lowest BCUT2D eigenvalue weighted by atomic mass is 10.6. The van der Waals surface area contributed by atoms with Gasteiger partial charge in [-0.15, -0.1) is 0 Å². The van der Waals surface area contributed by atoms with E-state index in [1.807, 2.05) is 0 Å². The number of carbonyl (C=O) groups excluding carboxylic acids is 1. The Labute approximate surface area is 65.7 Å². The molecule has 4 heteroatoms. The maximum absolute atomic E-state index is 10.1. The Morgan fingerprint density at radius 3 is 2.50 bits per heavy atom. The standard InChI is InChI=1S/C5H8O2.CHNS/c1-3-5(6)7-4-2;2-1-3/h3H,1,4H2,2H3;3H. The Hall–Kier alpha value is -0.950. The van der Waals surface area contributed by atoms with Gasteiger partial charge >= 0.3 is 5.97 Å². The lowest BCUT2D eigenvalue weighted by molar-refractivity contribution is -0.137.